The number of aliphatic hydroxyl groups excluding tert-OH is 1. The fraction of sp³-hybridized carbons (Fsp3) is 0.118. The highest BCUT2D eigenvalue weighted by molar-refractivity contribution is 7.98. The smallest absolute Gasteiger partial charge is 0.105 e. The van der Waals surface area contributed by atoms with Crippen LogP contribution in [0.2, 0.25) is 0 Å². The third kappa shape index (κ3) is 2.42. The van der Waals surface area contributed by atoms with Crippen LogP contribution in [0.15, 0.2) is 65.8 Å². The van der Waals surface area contributed by atoms with Gasteiger partial charge < -0.3 is 5.11 Å². The lowest BCUT2D eigenvalue weighted by molar-refractivity contribution is 0.222. The standard InChI is InChI=1S/C17H15NOS/c1-20-14-7-5-13(6-8-14)17(19)15-4-2-3-12-9-10-18-11-16(12)15/h2-11,17,19H,1H3. The van der Waals surface area contributed by atoms with Crippen molar-refractivity contribution in [3.8, 4) is 0 Å². The quantitative estimate of drug-likeness (QED) is 0.736. The number of benzene rings is 2. The lowest BCUT2D eigenvalue weighted by Gasteiger charge is -2.14. The summed E-state index contributed by atoms with van der Waals surface area (Å²) in [6, 6.07) is 15.9. The molecule has 3 aromatic rings. The van der Waals surface area contributed by atoms with Gasteiger partial charge in [-0.3, -0.25) is 4.98 Å². The van der Waals surface area contributed by atoms with Crippen LogP contribution >= 0.6 is 11.8 Å². The van der Waals surface area contributed by atoms with E-state index in [0.717, 1.165) is 21.9 Å². The topological polar surface area (TPSA) is 33.1 Å². The summed E-state index contributed by atoms with van der Waals surface area (Å²) in [5.74, 6) is 0. The fourth-order valence-electron chi connectivity index (χ4n) is 2.34. The first-order valence-electron chi connectivity index (χ1n) is 6.44. The minimum Gasteiger partial charge on any atom is -0.384 e. The van der Waals surface area contributed by atoms with Gasteiger partial charge >= 0.3 is 0 Å². The Balaban J connectivity index is 2.05. The second-order valence-electron chi connectivity index (χ2n) is 4.62. The Kier molecular flexibility index (Phi) is 3.72. The second kappa shape index (κ2) is 5.65. The number of aliphatic hydroxyl groups is 1. The first kappa shape index (κ1) is 13.2. The largest absolute Gasteiger partial charge is 0.384 e. The molecule has 0 aliphatic rings. The van der Waals surface area contributed by atoms with E-state index >= 15 is 0 Å². The van der Waals surface area contributed by atoms with Crippen molar-refractivity contribution in [2.75, 3.05) is 6.26 Å². The molecule has 1 unspecified atom stereocenters. The molecule has 0 fully saturated rings. The van der Waals surface area contributed by atoms with Crippen molar-refractivity contribution in [2.45, 2.75) is 11.0 Å². The first-order valence-corrected chi connectivity index (χ1v) is 7.67. The van der Waals surface area contributed by atoms with Gasteiger partial charge in [-0.2, -0.15) is 0 Å². The van der Waals surface area contributed by atoms with Crippen LogP contribution in [0.5, 0.6) is 0 Å². The van der Waals surface area contributed by atoms with Crippen molar-refractivity contribution in [1.29, 1.82) is 0 Å². The SMILES string of the molecule is CSc1ccc(C(O)c2cccc3ccncc23)cc1. The molecular formula is C17H15NOS. The van der Waals surface area contributed by atoms with Crippen LogP contribution in [-0.2, 0) is 0 Å². The minimum absolute atomic E-state index is 0.626. The van der Waals surface area contributed by atoms with Gasteiger partial charge in [0.15, 0.2) is 0 Å². The van der Waals surface area contributed by atoms with E-state index in [-0.39, 0.29) is 0 Å². The molecule has 1 atom stereocenters. The Morgan fingerprint density at radius 3 is 2.60 bits per heavy atom. The zero-order valence-electron chi connectivity index (χ0n) is 11.2. The lowest BCUT2D eigenvalue weighted by atomic mass is 9.97. The van der Waals surface area contributed by atoms with E-state index in [2.05, 4.69) is 4.98 Å². The summed E-state index contributed by atoms with van der Waals surface area (Å²) in [6.45, 7) is 0. The molecule has 1 heterocycles. The van der Waals surface area contributed by atoms with Crippen LogP contribution in [0, 0.1) is 0 Å². The van der Waals surface area contributed by atoms with Crippen molar-refractivity contribution in [3.63, 3.8) is 0 Å². The van der Waals surface area contributed by atoms with Gasteiger partial charge in [0.25, 0.3) is 0 Å². The van der Waals surface area contributed by atoms with Crippen molar-refractivity contribution >= 4 is 22.5 Å². The van der Waals surface area contributed by atoms with E-state index < -0.39 is 6.10 Å². The van der Waals surface area contributed by atoms with Crippen LogP contribution in [0.4, 0.5) is 0 Å². The zero-order valence-corrected chi connectivity index (χ0v) is 12.0. The molecule has 0 bridgehead atoms. The number of hydrogen-bond acceptors (Lipinski definition) is 3. The third-order valence-corrected chi connectivity index (χ3v) is 4.19. The molecule has 0 spiro atoms. The average Bonchev–Trinajstić information content (AvgIpc) is 2.54. The van der Waals surface area contributed by atoms with Gasteiger partial charge in [-0.05, 0) is 41.0 Å². The monoisotopic (exact) mass is 281 g/mol. The Labute approximate surface area is 122 Å². The predicted molar refractivity (Wildman–Crippen MR) is 84.0 cm³/mol. The molecule has 0 amide bonds. The molecule has 1 N–H and O–H groups in total. The third-order valence-electron chi connectivity index (χ3n) is 3.44. The molecule has 20 heavy (non-hydrogen) atoms. The van der Waals surface area contributed by atoms with Crippen molar-refractivity contribution in [1.82, 2.24) is 4.98 Å². The molecule has 0 saturated heterocycles. The van der Waals surface area contributed by atoms with E-state index in [1.165, 1.54) is 4.90 Å². The fourth-order valence-corrected chi connectivity index (χ4v) is 2.75. The van der Waals surface area contributed by atoms with Crippen molar-refractivity contribution in [2.24, 2.45) is 0 Å². The number of hydrogen-bond donors (Lipinski definition) is 1. The molecule has 0 aliphatic heterocycles. The van der Waals surface area contributed by atoms with Crippen LogP contribution in [0.1, 0.15) is 17.2 Å². The Morgan fingerprint density at radius 2 is 1.85 bits per heavy atom. The van der Waals surface area contributed by atoms with E-state index in [4.69, 9.17) is 0 Å². The zero-order chi connectivity index (χ0) is 13.9. The number of rotatable bonds is 3. The van der Waals surface area contributed by atoms with E-state index in [0.29, 0.717) is 0 Å². The molecule has 100 valence electrons. The molecule has 0 aliphatic carbocycles. The van der Waals surface area contributed by atoms with Crippen molar-refractivity contribution in [3.05, 3.63) is 72.1 Å². The number of fused-ring (bicyclic) bond motifs is 1. The maximum atomic E-state index is 10.6. The van der Waals surface area contributed by atoms with Crippen LogP contribution in [-0.4, -0.2) is 16.3 Å². The highest BCUT2D eigenvalue weighted by Gasteiger charge is 2.13. The van der Waals surface area contributed by atoms with Gasteiger partial charge in [0.1, 0.15) is 6.10 Å². The highest BCUT2D eigenvalue weighted by Crippen LogP contribution is 2.29. The van der Waals surface area contributed by atoms with Gasteiger partial charge in [0.05, 0.1) is 0 Å². The maximum Gasteiger partial charge on any atom is 0.105 e. The predicted octanol–water partition coefficient (Wildman–Crippen LogP) is 4.04. The van der Waals surface area contributed by atoms with E-state index in [1.54, 1.807) is 18.0 Å². The molecular weight excluding hydrogens is 266 g/mol. The summed E-state index contributed by atoms with van der Waals surface area (Å²) in [5, 5.41) is 12.7. The number of thioether (sulfide) groups is 1. The molecule has 3 rings (SSSR count). The molecule has 3 heteroatoms. The first-order chi connectivity index (χ1) is 9.79. The molecule has 2 nitrogen and oxygen atoms in total. The summed E-state index contributed by atoms with van der Waals surface area (Å²) < 4.78 is 0. The van der Waals surface area contributed by atoms with Crippen molar-refractivity contribution < 1.29 is 5.11 Å². The van der Waals surface area contributed by atoms with Gasteiger partial charge in [0, 0.05) is 22.7 Å². The Morgan fingerprint density at radius 1 is 1.05 bits per heavy atom. The average molecular weight is 281 g/mol. The summed E-state index contributed by atoms with van der Waals surface area (Å²) >= 11 is 1.70. The lowest BCUT2D eigenvalue weighted by Crippen LogP contribution is -2.00. The Bertz CT molecular complexity index is 719. The van der Waals surface area contributed by atoms with Gasteiger partial charge in [0.2, 0.25) is 0 Å². The summed E-state index contributed by atoms with van der Waals surface area (Å²) in [6.07, 6.45) is 5.00. The van der Waals surface area contributed by atoms with Gasteiger partial charge in [-0.25, -0.2) is 0 Å². The molecule has 0 radical (unpaired) electrons. The van der Waals surface area contributed by atoms with Crippen LogP contribution in [0.3, 0.4) is 0 Å². The maximum absolute atomic E-state index is 10.6. The molecule has 0 saturated carbocycles. The highest BCUT2D eigenvalue weighted by atomic mass is 32.2. The summed E-state index contributed by atoms with van der Waals surface area (Å²) in [5.41, 5.74) is 1.80. The summed E-state index contributed by atoms with van der Waals surface area (Å²) in [7, 11) is 0. The number of nitrogens with zero attached hydrogens (tertiary/aromatic N) is 1. The van der Waals surface area contributed by atoms with E-state index in [9.17, 15) is 5.11 Å². The second-order valence-corrected chi connectivity index (χ2v) is 5.50. The number of aromatic nitrogens is 1. The summed E-state index contributed by atoms with van der Waals surface area (Å²) in [4.78, 5) is 5.36. The van der Waals surface area contributed by atoms with Gasteiger partial charge in [-0.15, -0.1) is 11.8 Å². The normalized spacial score (nSPS) is 12.5. The van der Waals surface area contributed by atoms with Gasteiger partial charge in [-0.1, -0.05) is 30.3 Å². The van der Waals surface area contributed by atoms with E-state index in [1.807, 2.05) is 61.0 Å². The van der Waals surface area contributed by atoms with Crippen LogP contribution in [0.25, 0.3) is 10.8 Å². The Hall–Kier alpha value is -1.84. The molecule has 2 aromatic carbocycles. The van der Waals surface area contributed by atoms with Crippen LogP contribution < -0.4 is 0 Å². The number of pyridine rings is 1. The minimum atomic E-state index is -0.626. The molecule has 1 aromatic heterocycles.